The van der Waals surface area contributed by atoms with Gasteiger partial charge in [-0.2, -0.15) is 0 Å². The summed E-state index contributed by atoms with van der Waals surface area (Å²) in [7, 11) is 0. The number of thiocarbonyl (C=S) groups is 1. The van der Waals surface area contributed by atoms with Gasteiger partial charge >= 0.3 is 0 Å². The third kappa shape index (κ3) is 3.51. The van der Waals surface area contributed by atoms with Crippen molar-refractivity contribution in [3.05, 3.63) is 51.3 Å². The molecule has 1 aliphatic heterocycles. The van der Waals surface area contributed by atoms with Gasteiger partial charge in [0.1, 0.15) is 10.1 Å². The SMILES string of the molecule is Cc1no[n+]([O-])c1COc1cccc(/C=C2\SC(=S)NC2=O)c1. The van der Waals surface area contributed by atoms with Crippen LogP contribution in [0.3, 0.4) is 0 Å². The zero-order chi connectivity index (χ0) is 16.4. The Bertz CT molecular complexity index is 797. The molecule has 1 N–H and O–H groups in total. The van der Waals surface area contributed by atoms with Crippen LogP contribution >= 0.6 is 24.0 Å². The van der Waals surface area contributed by atoms with Crippen molar-refractivity contribution in [1.82, 2.24) is 10.5 Å². The molecule has 1 aliphatic rings. The van der Waals surface area contributed by atoms with Crippen molar-refractivity contribution < 1.29 is 19.1 Å². The fraction of sp³-hybridized carbons (Fsp3) is 0.143. The van der Waals surface area contributed by atoms with Gasteiger partial charge in [-0.25, -0.2) is 0 Å². The van der Waals surface area contributed by atoms with Crippen LogP contribution in [-0.4, -0.2) is 15.4 Å². The highest BCUT2D eigenvalue weighted by atomic mass is 32.2. The molecule has 2 heterocycles. The Morgan fingerprint density at radius 1 is 1.57 bits per heavy atom. The maximum absolute atomic E-state index is 11.7. The van der Waals surface area contributed by atoms with Gasteiger partial charge in [0.15, 0.2) is 6.61 Å². The van der Waals surface area contributed by atoms with Gasteiger partial charge in [0, 0.05) is 12.1 Å². The van der Waals surface area contributed by atoms with E-state index >= 15 is 0 Å². The first-order chi connectivity index (χ1) is 11.0. The Labute approximate surface area is 140 Å². The number of amides is 1. The highest BCUT2D eigenvalue weighted by Gasteiger charge is 2.22. The van der Waals surface area contributed by atoms with Crippen LogP contribution in [0.4, 0.5) is 0 Å². The molecule has 1 amide bonds. The van der Waals surface area contributed by atoms with Gasteiger partial charge < -0.3 is 15.3 Å². The molecule has 0 saturated carbocycles. The summed E-state index contributed by atoms with van der Waals surface area (Å²) in [6.07, 6.45) is 1.73. The number of carbonyl (C=O) groups excluding carboxylic acids is 1. The summed E-state index contributed by atoms with van der Waals surface area (Å²) >= 11 is 6.16. The average Bonchev–Trinajstić information content (AvgIpc) is 3.00. The van der Waals surface area contributed by atoms with E-state index in [2.05, 4.69) is 15.1 Å². The lowest BCUT2D eigenvalue weighted by molar-refractivity contribution is -0.808. The Balaban J connectivity index is 1.74. The molecule has 9 heteroatoms. The van der Waals surface area contributed by atoms with Crippen LogP contribution in [0.15, 0.2) is 33.8 Å². The minimum absolute atomic E-state index is 0.0399. The Hall–Kier alpha value is -2.39. The molecule has 2 aromatic rings. The van der Waals surface area contributed by atoms with Gasteiger partial charge in [-0.05, 0) is 28.7 Å². The highest BCUT2D eigenvalue weighted by Crippen LogP contribution is 2.27. The second-order valence-electron chi connectivity index (χ2n) is 4.68. The van der Waals surface area contributed by atoms with Crippen molar-refractivity contribution in [1.29, 1.82) is 0 Å². The van der Waals surface area contributed by atoms with Crippen LogP contribution in [-0.2, 0) is 11.4 Å². The lowest BCUT2D eigenvalue weighted by Gasteiger charge is -2.05. The monoisotopic (exact) mass is 349 g/mol. The molecule has 0 atom stereocenters. The van der Waals surface area contributed by atoms with Crippen molar-refractivity contribution in [2.24, 2.45) is 0 Å². The number of thioether (sulfide) groups is 1. The lowest BCUT2D eigenvalue weighted by Crippen LogP contribution is -2.29. The smallest absolute Gasteiger partial charge is 0.263 e. The first-order valence-corrected chi connectivity index (χ1v) is 7.78. The van der Waals surface area contributed by atoms with Crippen molar-refractivity contribution in [3.8, 4) is 5.75 Å². The number of nitrogens with one attached hydrogen (secondary N) is 1. The number of aryl methyl sites for hydroxylation is 1. The largest absolute Gasteiger partial charge is 0.485 e. The van der Waals surface area contributed by atoms with E-state index in [-0.39, 0.29) is 12.5 Å². The molecule has 1 aromatic heterocycles. The van der Waals surface area contributed by atoms with Gasteiger partial charge in [0.2, 0.25) is 11.4 Å². The molecular weight excluding hydrogens is 338 g/mol. The van der Waals surface area contributed by atoms with Crippen molar-refractivity contribution in [2.45, 2.75) is 13.5 Å². The summed E-state index contributed by atoms with van der Waals surface area (Å²) < 4.78 is 10.5. The molecule has 1 aromatic carbocycles. The molecule has 0 bridgehead atoms. The summed E-state index contributed by atoms with van der Waals surface area (Å²) in [6, 6.07) is 7.16. The molecule has 0 radical (unpaired) electrons. The Morgan fingerprint density at radius 2 is 2.39 bits per heavy atom. The van der Waals surface area contributed by atoms with Crippen LogP contribution in [0.2, 0.25) is 0 Å². The Kier molecular flexibility index (Phi) is 4.30. The first kappa shape index (κ1) is 15.5. The molecule has 118 valence electrons. The van der Waals surface area contributed by atoms with E-state index in [0.29, 0.717) is 31.3 Å². The van der Waals surface area contributed by atoms with E-state index in [9.17, 15) is 10.0 Å². The number of benzene rings is 1. The molecule has 0 aliphatic carbocycles. The number of ether oxygens (including phenoxy) is 1. The Morgan fingerprint density at radius 3 is 3.04 bits per heavy atom. The van der Waals surface area contributed by atoms with Crippen molar-refractivity contribution >= 4 is 40.3 Å². The van der Waals surface area contributed by atoms with Gasteiger partial charge in [-0.3, -0.25) is 9.42 Å². The molecule has 0 unspecified atom stereocenters. The molecule has 1 fully saturated rings. The molecule has 7 nitrogen and oxygen atoms in total. The number of nitrogens with zero attached hydrogens (tertiary/aromatic N) is 2. The predicted molar refractivity (Wildman–Crippen MR) is 87.3 cm³/mol. The van der Waals surface area contributed by atoms with Crippen LogP contribution in [0.1, 0.15) is 17.0 Å². The normalized spacial score (nSPS) is 16.0. The van der Waals surface area contributed by atoms with Crippen LogP contribution < -0.4 is 15.0 Å². The van der Waals surface area contributed by atoms with Gasteiger partial charge in [0.05, 0.1) is 4.91 Å². The molecule has 23 heavy (non-hydrogen) atoms. The maximum Gasteiger partial charge on any atom is 0.263 e. The lowest BCUT2D eigenvalue weighted by atomic mass is 10.2. The standard InChI is InChI=1S/C14H11N3O4S2/c1-8-11(17(19)21-16-8)7-20-10-4-2-3-9(5-10)6-12-13(18)15-14(22)23-12/h2-6H,7H2,1H3,(H,15,18,22)/b12-6-. The van der Waals surface area contributed by atoms with Gasteiger partial charge in [-0.15, -0.1) is 0 Å². The third-order valence-corrected chi connectivity index (χ3v) is 4.23. The first-order valence-electron chi connectivity index (χ1n) is 6.56. The van der Waals surface area contributed by atoms with E-state index in [4.69, 9.17) is 17.0 Å². The number of aromatic nitrogens is 2. The van der Waals surface area contributed by atoms with Gasteiger partial charge in [-0.1, -0.05) is 36.1 Å². The van der Waals surface area contributed by atoms with Crippen LogP contribution in [0.25, 0.3) is 6.08 Å². The average molecular weight is 349 g/mol. The minimum atomic E-state index is -0.209. The molecule has 0 spiro atoms. The third-order valence-electron chi connectivity index (χ3n) is 3.06. The van der Waals surface area contributed by atoms with Crippen LogP contribution in [0, 0.1) is 12.1 Å². The quantitative estimate of drug-likeness (QED) is 0.510. The summed E-state index contributed by atoms with van der Waals surface area (Å²) in [5.74, 6) is 0.352. The summed E-state index contributed by atoms with van der Waals surface area (Å²) in [4.78, 5) is 12.5. The molecule has 3 rings (SSSR count). The second kappa shape index (κ2) is 6.39. The maximum atomic E-state index is 11.7. The fourth-order valence-electron chi connectivity index (χ4n) is 1.91. The second-order valence-corrected chi connectivity index (χ2v) is 6.39. The van der Waals surface area contributed by atoms with E-state index in [1.54, 1.807) is 31.2 Å². The summed E-state index contributed by atoms with van der Waals surface area (Å²) in [6.45, 7) is 1.70. The van der Waals surface area contributed by atoms with E-state index in [0.717, 1.165) is 5.56 Å². The van der Waals surface area contributed by atoms with Crippen LogP contribution in [0.5, 0.6) is 5.75 Å². The highest BCUT2D eigenvalue weighted by molar-refractivity contribution is 8.26. The zero-order valence-corrected chi connectivity index (χ0v) is 13.6. The fourth-order valence-corrected chi connectivity index (χ4v) is 2.95. The number of hydrogen-bond acceptors (Lipinski definition) is 7. The molecule has 1 saturated heterocycles. The van der Waals surface area contributed by atoms with E-state index in [1.807, 2.05) is 6.07 Å². The van der Waals surface area contributed by atoms with Crippen molar-refractivity contribution in [3.63, 3.8) is 0 Å². The zero-order valence-electron chi connectivity index (χ0n) is 11.9. The van der Waals surface area contributed by atoms with E-state index in [1.165, 1.54) is 11.8 Å². The van der Waals surface area contributed by atoms with Gasteiger partial charge in [0.25, 0.3) is 5.91 Å². The summed E-state index contributed by atoms with van der Waals surface area (Å²) in [5.41, 5.74) is 1.58. The van der Waals surface area contributed by atoms with E-state index < -0.39 is 0 Å². The number of rotatable bonds is 4. The number of carbonyl (C=O) groups is 1. The minimum Gasteiger partial charge on any atom is -0.485 e. The van der Waals surface area contributed by atoms with Crippen molar-refractivity contribution in [2.75, 3.05) is 0 Å². The number of hydrogen-bond donors (Lipinski definition) is 1. The predicted octanol–water partition coefficient (Wildman–Crippen LogP) is 1.68. The topological polar surface area (TPSA) is 91.3 Å². The summed E-state index contributed by atoms with van der Waals surface area (Å²) in [5, 5.41) is 17.5. The molecular formula is C14H11N3O4S2.